The van der Waals surface area contributed by atoms with Gasteiger partial charge in [-0.15, -0.1) is 0 Å². The molecule has 0 aliphatic heterocycles. The van der Waals surface area contributed by atoms with E-state index in [-0.39, 0.29) is 6.04 Å². The van der Waals surface area contributed by atoms with E-state index < -0.39 is 0 Å². The predicted octanol–water partition coefficient (Wildman–Crippen LogP) is 1.96. The minimum atomic E-state index is 0.206. The van der Waals surface area contributed by atoms with E-state index in [4.69, 9.17) is 10.3 Å². The first-order chi connectivity index (χ1) is 9.24. The maximum Gasteiger partial charge on any atom is 0.148 e. The van der Waals surface area contributed by atoms with Gasteiger partial charge in [0, 0.05) is 18.0 Å². The zero-order valence-electron chi connectivity index (χ0n) is 11.2. The Kier molecular flexibility index (Phi) is 4.35. The molecule has 0 radical (unpaired) electrons. The van der Waals surface area contributed by atoms with Gasteiger partial charge in [0.15, 0.2) is 0 Å². The Hall–Kier alpha value is -2.08. The highest BCUT2D eigenvalue weighted by Crippen LogP contribution is 2.20. The molecule has 0 fully saturated rings. The first-order valence-electron chi connectivity index (χ1n) is 6.34. The highest BCUT2D eigenvalue weighted by atomic mass is 16.3. The number of nitrogens with one attached hydrogen (secondary N) is 2. The van der Waals surface area contributed by atoms with Crippen LogP contribution < -0.4 is 16.6 Å². The molecule has 6 heteroatoms. The molecule has 1 atom stereocenters. The average Bonchev–Trinajstić information content (AvgIpc) is 2.91. The van der Waals surface area contributed by atoms with Crippen molar-refractivity contribution >= 4 is 11.6 Å². The fourth-order valence-electron chi connectivity index (χ4n) is 2.01. The topological polar surface area (TPSA) is 89.0 Å². The first-order valence-corrected chi connectivity index (χ1v) is 6.34. The molecule has 6 nitrogen and oxygen atoms in total. The number of furan rings is 1. The Morgan fingerprint density at radius 1 is 1.37 bits per heavy atom. The molecular weight excluding hydrogens is 242 g/mol. The van der Waals surface area contributed by atoms with Crippen molar-refractivity contribution in [1.82, 2.24) is 9.97 Å². The first kappa shape index (κ1) is 13.4. The maximum atomic E-state index is 5.45. The zero-order chi connectivity index (χ0) is 13.7. The molecule has 2 aromatic rings. The molecule has 2 heterocycles. The molecule has 0 spiro atoms. The summed E-state index contributed by atoms with van der Waals surface area (Å²) in [6.07, 6.45) is 4.78. The Labute approximate surface area is 112 Å². The summed E-state index contributed by atoms with van der Waals surface area (Å²) in [6, 6.07) is 4.06. The molecule has 0 bridgehead atoms. The Bertz CT molecular complexity index is 512. The lowest BCUT2D eigenvalue weighted by Crippen LogP contribution is -2.21. The molecule has 102 valence electrons. The number of aromatic nitrogens is 2. The van der Waals surface area contributed by atoms with E-state index in [0.29, 0.717) is 5.82 Å². The molecule has 2 aromatic heterocycles. The minimum absolute atomic E-state index is 0.206. The third-order valence-electron chi connectivity index (χ3n) is 2.91. The quantitative estimate of drug-likeness (QED) is 0.544. The summed E-state index contributed by atoms with van der Waals surface area (Å²) in [4.78, 5) is 8.38. The number of nitrogens with zero attached hydrogens (tertiary/aromatic N) is 2. The summed E-state index contributed by atoms with van der Waals surface area (Å²) in [5, 5.41) is 3.37. The highest BCUT2D eigenvalue weighted by Gasteiger charge is 2.12. The third kappa shape index (κ3) is 3.23. The third-order valence-corrected chi connectivity index (χ3v) is 2.91. The van der Waals surface area contributed by atoms with Gasteiger partial charge in [0.05, 0.1) is 6.26 Å². The zero-order valence-corrected chi connectivity index (χ0v) is 11.2. The second-order valence-corrected chi connectivity index (χ2v) is 4.38. The van der Waals surface area contributed by atoms with Gasteiger partial charge in [0.2, 0.25) is 0 Å². The van der Waals surface area contributed by atoms with Gasteiger partial charge in [0.25, 0.3) is 0 Å². The Morgan fingerprint density at radius 2 is 2.16 bits per heavy atom. The van der Waals surface area contributed by atoms with Gasteiger partial charge in [-0.1, -0.05) is 6.92 Å². The van der Waals surface area contributed by atoms with Crippen molar-refractivity contribution in [2.24, 2.45) is 5.84 Å². The van der Waals surface area contributed by atoms with Crippen LogP contribution in [-0.4, -0.2) is 16.0 Å². The molecule has 0 saturated carbocycles. The van der Waals surface area contributed by atoms with Crippen molar-refractivity contribution in [2.45, 2.75) is 32.7 Å². The Morgan fingerprint density at radius 3 is 2.79 bits per heavy atom. The number of hydrogen-bond donors (Lipinski definition) is 3. The molecule has 0 aliphatic carbocycles. The van der Waals surface area contributed by atoms with Crippen molar-refractivity contribution in [2.75, 3.05) is 10.7 Å². The van der Waals surface area contributed by atoms with Crippen molar-refractivity contribution in [3.8, 4) is 0 Å². The Balaban J connectivity index is 2.09. The predicted molar refractivity (Wildman–Crippen MR) is 74.7 cm³/mol. The molecule has 1 unspecified atom stereocenters. The maximum absolute atomic E-state index is 5.45. The van der Waals surface area contributed by atoms with Crippen LogP contribution in [0.2, 0.25) is 0 Å². The van der Waals surface area contributed by atoms with E-state index in [9.17, 15) is 0 Å². The van der Waals surface area contributed by atoms with Gasteiger partial charge < -0.3 is 15.2 Å². The fraction of sp³-hybridized carbons (Fsp3) is 0.385. The van der Waals surface area contributed by atoms with Crippen LogP contribution in [0.1, 0.15) is 25.2 Å². The van der Waals surface area contributed by atoms with Gasteiger partial charge >= 0.3 is 0 Å². The van der Waals surface area contributed by atoms with Crippen molar-refractivity contribution in [3.05, 3.63) is 36.0 Å². The van der Waals surface area contributed by atoms with Crippen LogP contribution in [0.4, 0.5) is 11.6 Å². The standard InChI is InChI=1S/C13H19N5O/c1-3-11-12(15-8-16-13(11)18-14)17-9(2)7-10-5-4-6-19-10/h4-6,8-9H,3,7,14H2,1-2H3,(H2,15,16,17,18). The molecule has 0 aliphatic rings. The van der Waals surface area contributed by atoms with Crippen LogP contribution in [0.15, 0.2) is 29.1 Å². The number of hydrazine groups is 1. The van der Waals surface area contributed by atoms with Crippen LogP contribution in [0.3, 0.4) is 0 Å². The molecule has 0 amide bonds. The molecule has 19 heavy (non-hydrogen) atoms. The summed E-state index contributed by atoms with van der Waals surface area (Å²) < 4.78 is 5.34. The lowest BCUT2D eigenvalue weighted by atomic mass is 10.1. The molecule has 0 saturated heterocycles. The minimum Gasteiger partial charge on any atom is -0.469 e. The van der Waals surface area contributed by atoms with Gasteiger partial charge in [-0.05, 0) is 25.5 Å². The second-order valence-electron chi connectivity index (χ2n) is 4.38. The second kappa shape index (κ2) is 6.19. The normalized spacial score (nSPS) is 12.2. The molecular formula is C13H19N5O. The fourth-order valence-corrected chi connectivity index (χ4v) is 2.01. The summed E-state index contributed by atoms with van der Waals surface area (Å²) >= 11 is 0. The lowest BCUT2D eigenvalue weighted by molar-refractivity contribution is 0.497. The number of nitrogens with two attached hydrogens (primary N) is 1. The van der Waals surface area contributed by atoms with Crippen LogP contribution in [-0.2, 0) is 12.8 Å². The van der Waals surface area contributed by atoms with E-state index in [1.807, 2.05) is 19.1 Å². The summed E-state index contributed by atoms with van der Waals surface area (Å²) in [5.74, 6) is 7.87. The number of anilines is 2. The van der Waals surface area contributed by atoms with Crippen LogP contribution in [0, 0.1) is 0 Å². The largest absolute Gasteiger partial charge is 0.469 e. The van der Waals surface area contributed by atoms with E-state index in [1.54, 1.807) is 6.26 Å². The van der Waals surface area contributed by atoms with Gasteiger partial charge in [-0.2, -0.15) is 0 Å². The van der Waals surface area contributed by atoms with Crippen molar-refractivity contribution in [3.63, 3.8) is 0 Å². The van der Waals surface area contributed by atoms with Gasteiger partial charge in [0.1, 0.15) is 23.7 Å². The van der Waals surface area contributed by atoms with Gasteiger partial charge in [-0.3, -0.25) is 0 Å². The lowest BCUT2D eigenvalue weighted by Gasteiger charge is -2.17. The molecule has 0 aromatic carbocycles. The SMILES string of the molecule is CCc1c(NN)ncnc1NC(C)Cc1ccco1. The van der Waals surface area contributed by atoms with E-state index in [1.165, 1.54) is 6.33 Å². The number of nitrogen functional groups attached to an aromatic ring is 1. The summed E-state index contributed by atoms with van der Waals surface area (Å²) in [5.41, 5.74) is 3.58. The highest BCUT2D eigenvalue weighted by molar-refractivity contribution is 5.57. The molecule has 2 rings (SSSR count). The average molecular weight is 261 g/mol. The monoisotopic (exact) mass is 261 g/mol. The number of rotatable bonds is 6. The smallest absolute Gasteiger partial charge is 0.148 e. The van der Waals surface area contributed by atoms with Crippen LogP contribution in [0.25, 0.3) is 0 Å². The van der Waals surface area contributed by atoms with Gasteiger partial charge in [-0.25, -0.2) is 15.8 Å². The van der Waals surface area contributed by atoms with Crippen molar-refractivity contribution in [1.29, 1.82) is 0 Å². The van der Waals surface area contributed by atoms with E-state index >= 15 is 0 Å². The van der Waals surface area contributed by atoms with E-state index in [0.717, 1.165) is 30.0 Å². The van der Waals surface area contributed by atoms with E-state index in [2.05, 4.69) is 27.6 Å². The number of hydrogen-bond acceptors (Lipinski definition) is 6. The van der Waals surface area contributed by atoms with Crippen LogP contribution in [0.5, 0.6) is 0 Å². The van der Waals surface area contributed by atoms with Crippen LogP contribution >= 0.6 is 0 Å². The molecule has 4 N–H and O–H groups in total. The van der Waals surface area contributed by atoms with Crippen molar-refractivity contribution < 1.29 is 4.42 Å². The summed E-state index contributed by atoms with van der Waals surface area (Å²) in [6.45, 7) is 4.13. The summed E-state index contributed by atoms with van der Waals surface area (Å²) in [7, 11) is 0.